The SMILES string of the molecule is N[C@H](c1ccc(C(F)(F)F)cc1)c1ccsc1. The molecule has 2 N–H and O–H groups in total. The van der Waals surface area contributed by atoms with Gasteiger partial charge in [0.25, 0.3) is 0 Å². The number of thiophene rings is 1. The molecule has 1 heterocycles. The molecule has 0 fully saturated rings. The van der Waals surface area contributed by atoms with Gasteiger partial charge in [0.15, 0.2) is 0 Å². The van der Waals surface area contributed by atoms with E-state index in [0.717, 1.165) is 17.7 Å². The van der Waals surface area contributed by atoms with E-state index in [4.69, 9.17) is 5.73 Å². The molecule has 0 unspecified atom stereocenters. The van der Waals surface area contributed by atoms with Gasteiger partial charge in [0.05, 0.1) is 11.6 Å². The van der Waals surface area contributed by atoms with Crippen LogP contribution in [0.25, 0.3) is 0 Å². The van der Waals surface area contributed by atoms with E-state index in [1.54, 1.807) is 0 Å². The first-order valence-electron chi connectivity index (χ1n) is 4.93. The molecule has 2 aromatic rings. The summed E-state index contributed by atoms with van der Waals surface area (Å²) < 4.78 is 37.1. The van der Waals surface area contributed by atoms with Crippen LogP contribution in [0.15, 0.2) is 41.1 Å². The van der Waals surface area contributed by atoms with Crippen LogP contribution in [-0.4, -0.2) is 0 Å². The summed E-state index contributed by atoms with van der Waals surface area (Å²) in [5, 5.41) is 3.78. The lowest BCUT2D eigenvalue weighted by molar-refractivity contribution is -0.137. The smallest absolute Gasteiger partial charge is 0.320 e. The molecule has 17 heavy (non-hydrogen) atoms. The third-order valence-corrected chi connectivity index (χ3v) is 3.20. The van der Waals surface area contributed by atoms with Crippen molar-refractivity contribution in [3.05, 3.63) is 57.8 Å². The fraction of sp³-hybridized carbons (Fsp3) is 0.167. The van der Waals surface area contributed by atoms with Crippen molar-refractivity contribution >= 4 is 11.3 Å². The highest BCUT2D eigenvalue weighted by atomic mass is 32.1. The summed E-state index contributed by atoms with van der Waals surface area (Å²) in [4.78, 5) is 0. The van der Waals surface area contributed by atoms with Gasteiger partial charge < -0.3 is 5.73 Å². The Bertz CT molecular complexity index is 473. The zero-order valence-corrected chi connectivity index (χ0v) is 9.55. The molecule has 0 aliphatic carbocycles. The lowest BCUT2D eigenvalue weighted by atomic mass is 10.0. The van der Waals surface area contributed by atoms with Crippen molar-refractivity contribution in [2.24, 2.45) is 5.73 Å². The van der Waals surface area contributed by atoms with E-state index < -0.39 is 11.7 Å². The first-order chi connectivity index (χ1) is 7.98. The summed E-state index contributed by atoms with van der Waals surface area (Å²) in [7, 11) is 0. The Hall–Kier alpha value is -1.33. The lowest BCUT2D eigenvalue weighted by Crippen LogP contribution is -2.11. The van der Waals surface area contributed by atoms with Crippen LogP contribution in [0.1, 0.15) is 22.7 Å². The van der Waals surface area contributed by atoms with Gasteiger partial charge in [0, 0.05) is 0 Å². The number of rotatable bonds is 2. The van der Waals surface area contributed by atoms with E-state index in [1.165, 1.54) is 23.5 Å². The van der Waals surface area contributed by atoms with Crippen LogP contribution in [0.2, 0.25) is 0 Å². The monoisotopic (exact) mass is 257 g/mol. The van der Waals surface area contributed by atoms with Gasteiger partial charge in [0.1, 0.15) is 0 Å². The number of hydrogen-bond donors (Lipinski definition) is 1. The minimum Gasteiger partial charge on any atom is -0.320 e. The minimum atomic E-state index is -4.30. The molecule has 2 rings (SSSR count). The number of hydrogen-bond acceptors (Lipinski definition) is 2. The van der Waals surface area contributed by atoms with Crippen LogP contribution < -0.4 is 5.73 Å². The van der Waals surface area contributed by atoms with Crippen LogP contribution in [0.3, 0.4) is 0 Å². The summed E-state index contributed by atoms with van der Waals surface area (Å²) >= 11 is 1.51. The topological polar surface area (TPSA) is 26.0 Å². The molecule has 90 valence electrons. The molecule has 0 spiro atoms. The standard InChI is InChI=1S/C12H10F3NS/c13-12(14,15)10-3-1-8(2-4-10)11(16)9-5-6-17-7-9/h1-7,11H,16H2/t11-/m1/s1. The Morgan fingerprint density at radius 3 is 2.12 bits per heavy atom. The first kappa shape index (κ1) is 12.1. The maximum absolute atomic E-state index is 12.4. The summed E-state index contributed by atoms with van der Waals surface area (Å²) in [6.45, 7) is 0. The molecule has 0 saturated carbocycles. The molecule has 1 aromatic carbocycles. The maximum atomic E-state index is 12.4. The summed E-state index contributed by atoms with van der Waals surface area (Å²) in [6, 6.07) is 6.45. The molecule has 1 atom stereocenters. The summed E-state index contributed by atoms with van der Waals surface area (Å²) in [5.41, 5.74) is 6.88. The van der Waals surface area contributed by atoms with Crippen molar-refractivity contribution in [1.82, 2.24) is 0 Å². The Labute approximate surface area is 101 Å². The summed E-state index contributed by atoms with van der Waals surface area (Å²) in [6.07, 6.45) is -4.30. The molecule has 0 aliphatic heterocycles. The largest absolute Gasteiger partial charge is 0.416 e. The van der Waals surface area contributed by atoms with Gasteiger partial charge in [-0.25, -0.2) is 0 Å². The molecule has 1 aromatic heterocycles. The predicted molar refractivity (Wildman–Crippen MR) is 61.8 cm³/mol. The summed E-state index contributed by atoms with van der Waals surface area (Å²) in [5.74, 6) is 0. The predicted octanol–water partition coefficient (Wildman–Crippen LogP) is 3.82. The normalized spacial score (nSPS) is 13.6. The van der Waals surface area contributed by atoms with Crippen LogP contribution in [0.5, 0.6) is 0 Å². The van der Waals surface area contributed by atoms with E-state index in [2.05, 4.69) is 0 Å². The van der Waals surface area contributed by atoms with E-state index in [0.29, 0.717) is 5.56 Å². The molecule has 0 saturated heterocycles. The maximum Gasteiger partial charge on any atom is 0.416 e. The highest BCUT2D eigenvalue weighted by Crippen LogP contribution is 2.30. The molecule has 1 nitrogen and oxygen atoms in total. The first-order valence-corrected chi connectivity index (χ1v) is 5.87. The highest BCUT2D eigenvalue weighted by molar-refractivity contribution is 7.08. The van der Waals surface area contributed by atoms with Gasteiger partial charge in [-0.2, -0.15) is 24.5 Å². The molecular formula is C12H10F3NS. The van der Waals surface area contributed by atoms with Gasteiger partial charge in [-0.1, -0.05) is 12.1 Å². The van der Waals surface area contributed by atoms with Crippen LogP contribution in [0, 0.1) is 0 Å². The van der Waals surface area contributed by atoms with Gasteiger partial charge in [0.2, 0.25) is 0 Å². The van der Waals surface area contributed by atoms with E-state index in [-0.39, 0.29) is 6.04 Å². The second-order valence-corrected chi connectivity index (χ2v) is 4.43. The molecule has 0 aliphatic rings. The van der Waals surface area contributed by atoms with Gasteiger partial charge in [-0.05, 0) is 40.1 Å². The Kier molecular flexibility index (Phi) is 3.22. The molecular weight excluding hydrogens is 247 g/mol. The fourth-order valence-corrected chi connectivity index (χ4v) is 2.22. The van der Waals surface area contributed by atoms with Crippen LogP contribution in [-0.2, 0) is 6.18 Å². The Morgan fingerprint density at radius 1 is 1.00 bits per heavy atom. The third kappa shape index (κ3) is 2.68. The van der Waals surface area contributed by atoms with Crippen LogP contribution >= 0.6 is 11.3 Å². The quantitative estimate of drug-likeness (QED) is 0.869. The van der Waals surface area contributed by atoms with Crippen molar-refractivity contribution < 1.29 is 13.2 Å². The minimum absolute atomic E-state index is 0.372. The average molecular weight is 257 g/mol. The zero-order chi connectivity index (χ0) is 12.5. The van der Waals surface area contributed by atoms with Gasteiger partial charge in [-0.15, -0.1) is 0 Å². The fourth-order valence-electron chi connectivity index (χ4n) is 1.52. The highest BCUT2D eigenvalue weighted by Gasteiger charge is 2.30. The van der Waals surface area contributed by atoms with Crippen molar-refractivity contribution in [2.75, 3.05) is 0 Å². The molecule has 5 heteroatoms. The van der Waals surface area contributed by atoms with E-state index in [9.17, 15) is 13.2 Å². The number of nitrogens with two attached hydrogens (primary N) is 1. The van der Waals surface area contributed by atoms with Crippen molar-refractivity contribution in [2.45, 2.75) is 12.2 Å². The molecule has 0 amide bonds. The Balaban J connectivity index is 2.24. The third-order valence-electron chi connectivity index (χ3n) is 2.50. The number of benzene rings is 1. The van der Waals surface area contributed by atoms with Crippen molar-refractivity contribution in [1.29, 1.82) is 0 Å². The van der Waals surface area contributed by atoms with Crippen molar-refractivity contribution in [3.8, 4) is 0 Å². The van der Waals surface area contributed by atoms with Crippen LogP contribution in [0.4, 0.5) is 13.2 Å². The molecule has 0 bridgehead atoms. The number of alkyl halides is 3. The average Bonchev–Trinajstić information content (AvgIpc) is 2.80. The Morgan fingerprint density at radius 2 is 1.65 bits per heavy atom. The zero-order valence-electron chi connectivity index (χ0n) is 8.74. The van der Waals surface area contributed by atoms with Crippen molar-refractivity contribution in [3.63, 3.8) is 0 Å². The molecule has 0 radical (unpaired) electrons. The second kappa shape index (κ2) is 4.50. The van der Waals surface area contributed by atoms with Gasteiger partial charge in [-0.3, -0.25) is 0 Å². The van der Waals surface area contributed by atoms with E-state index in [1.807, 2.05) is 16.8 Å². The second-order valence-electron chi connectivity index (χ2n) is 3.65. The lowest BCUT2D eigenvalue weighted by Gasteiger charge is -2.12. The van der Waals surface area contributed by atoms with Gasteiger partial charge >= 0.3 is 6.18 Å². The van der Waals surface area contributed by atoms with E-state index >= 15 is 0 Å². The number of halogens is 3.